The highest BCUT2D eigenvalue weighted by atomic mass is 15.3. The van der Waals surface area contributed by atoms with Gasteiger partial charge in [0.1, 0.15) is 0 Å². The molecule has 2 nitrogen and oxygen atoms in total. The summed E-state index contributed by atoms with van der Waals surface area (Å²) in [7, 11) is 0. The zero-order valence-electron chi connectivity index (χ0n) is 7.90. The van der Waals surface area contributed by atoms with Gasteiger partial charge in [-0.3, -0.25) is 4.68 Å². The number of fused-ring (bicyclic) bond motifs is 3. The number of para-hydroxylation sites is 1. The number of nitrogens with two attached hydrogens (primary N) is 1. The molecule has 3 rings (SSSR count). The minimum absolute atomic E-state index is 1.10. The summed E-state index contributed by atoms with van der Waals surface area (Å²) in [5, 5.41) is 3.73. The van der Waals surface area contributed by atoms with Gasteiger partial charge in [-0.05, 0) is 18.9 Å². The van der Waals surface area contributed by atoms with E-state index in [-0.39, 0.29) is 0 Å². The molecule has 70 valence electrons. The van der Waals surface area contributed by atoms with E-state index in [1.54, 1.807) is 4.68 Å². The molecule has 0 aliphatic heterocycles. The number of nitrogen functional groups attached to an aromatic ring is 1. The van der Waals surface area contributed by atoms with Gasteiger partial charge in [-0.15, -0.1) is 0 Å². The van der Waals surface area contributed by atoms with Crippen LogP contribution in [0.15, 0.2) is 24.3 Å². The summed E-state index contributed by atoms with van der Waals surface area (Å²) >= 11 is 0. The topological polar surface area (TPSA) is 30.9 Å². The van der Waals surface area contributed by atoms with Crippen LogP contribution >= 0.6 is 0 Å². The van der Waals surface area contributed by atoms with Gasteiger partial charge < -0.3 is 5.84 Å². The zero-order valence-corrected chi connectivity index (χ0v) is 7.90. The molecule has 1 heterocycles. The lowest BCUT2D eigenvalue weighted by molar-refractivity contribution is 0.983. The van der Waals surface area contributed by atoms with E-state index < -0.39 is 0 Å². The minimum Gasteiger partial charge on any atom is -0.339 e. The molecule has 1 aliphatic carbocycles. The van der Waals surface area contributed by atoms with Crippen molar-refractivity contribution in [3.63, 3.8) is 0 Å². The van der Waals surface area contributed by atoms with Crippen molar-refractivity contribution >= 4 is 23.1 Å². The Morgan fingerprint density at radius 2 is 1.86 bits per heavy atom. The molecule has 1 aliphatic rings. The van der Waals surface area contributed by atoms with Crippen molar-refractivity contribution in [3.05, 3.63) is 34.8 Å². The molecular formula is C12H12N2. The summed E-state index contributed by atoms with van der Waals surface area (Å²) in [5.41, 5.74) is 1.12. The van der Waals surface area contributed by atoms with Gasteiger partial charge in [0.05, 0.1) is 10.9 Å². The average molecular weight is 184 g/mol. The van der Waals surface area contributed by atoms with E-state index in [1.807, 2.05) is 6.07 Å². The van der Waals surface area contributed by atoms with Crippen molar-refractivity contribution < 1.29 is 0 Å². The summed E-state index contributed by atoms with van der Waals surface area (Å²) in [6.07, 6.45) is 6.72. The second-order valence-electron chi connectivity index (χ2n) is 3.67. The molecule has 0 fully saturated rings. The van der Waals surface area contributed by atoms with Crippen LogP contribution in [0.25, 0.3) is 23.1 Å². The molecule has 0 atom stereocenters. The van der Waals surface area contributed by atoms with Gasteiger partial charge >= 0.3 is 0 Å². The molecule has 2 N–H and O–H groups in total. The van der Waals surface area contributed by atoms with Crippen LogP contribution in [-0.2, 0) is 0 Å². The van der Waals surface area contributed by atoms with Gasteiger partial charge in [0, 0.05) is 10.6 Å². The molecule has 1 aromatic carbocycles. The maximum absolute atomic E-state index is 6.03. The highest BCUT2D eigenvalue weighted by Gasteiger charge is 2.05. The summed E-state index contributed by atoms with van der Waals surface area (Å²) in [5.74, 6) is 6.03. The van der Waals surface area contributed by atoms with Gasteiger partial charge in [0.15, 0.2) is 0 Å². The lowest BCUT2D eigenvalue weighted by Gasteiger charge is -1.97. The van der Waals surface area contributed by atoms with Gasteiger partial charge in [0.2, 0.25) is 0 Å². The monoisotopic (exact) mass is 184 g/mol. The number of aromatic nitrogens is 1. The summed E-state index contributed by atoms with van der Waals surface area (Å²) in [6.45, 7) is 0. The summed E-state index contributed by atoms with van der Waals surface area (Å²) < 4.78 is 1.79. The molecule has 0 bridgehead atoms. The van der Waals surface area contributed by atoms with E-state index in [0.29, 0.717) is 0 Å². The van der Waals surface area contributed by atoms with Crippen LogP contribution in [0, 0.1) is 0 Å². The van der Waals surface area contributed by atoms with Gasteiger partial charge in [-0.25, -0.2) is 0 Å². The second-order valence-corrected chi connectivity index (χ2v) is 3.67. The van der Waals surface area contributed by atoms with Crippen LogP contribution in [0.2, 0.25) is 0 Å². The first-order valence-electron chi connectivity index (χ1n) is 4.93. The third-order valence-corrected chi connectivity index (χ3v) is 2.84. The Kier molecular flexibility index (Phi) is 1.45. The molecule has 2 heteroatoms. The predicted molar refractivity (Wildman–Crippen MR) is 59.5 cm³/mol. The summed E-state index contributed by atoms with van der Waals surface area (Å²) in [4.78, 5) is 0. The average Bonchev–Trinajstić information content (AvgIpc) is 2.55. The quantitative estimate of drug-likeness (QED) is 0.601. The molecule has 0 unspecified atom stereocenters. The van der Waals surface area contributed by atoms with E-state index in [2.05, 4.69) is 30.4 Å². The van der Waals surface area contributed by atoms with E-state index in [9.17, 15) is 0 Å². The number of hydrogen-bond acceptors (Lipinski definition) is 1. The van der Waals surface area contributed by atoms with Gasteiger partial charge in [-0.2, -0.15) is 0 Å². The fourth-order valence-corrected chi connectivity index (χ4v) is 2.18. The molecule has 0 amide bonds. The lowest BCUT2D eigenvalue weighted by atomic mass is 10.1. The largest absolute Gasteiger partial charge is 0.339 e. The van der Waals surface area contributed by atoms with Gasteiger partial charge in [0.25, 0.3) is 0 Å². The summed E-state index contributed by atoms with van der Waals surface area (Å²) in [6, 6.07) is 8.28. The maximum Gasteiger partial charge on any atom is 0.0703 e. The zero-order chi connectivity index (χ0) is 9.54. The molecule has 14 heavy (non-hydrogen) atoms. The predicted octanol–water partition coefficient (Wildman–Crippen LogP) is 0.710. The molecule has 2 aromatic rings. The van der Waals surface area contributed by atoms with E-state index >= 15 is 0 Å². The van der Waals surface area contributed by atoms with Crippen molar-refractivity contribution in [2.24, 2.45) is 0 Å². The Balaban J connectivity index is 2.68. The fourth-order valence-electron chi connectivity index (χ4n) is 2.18. The molecule has 0 saturated carbocycles. The standard InChI is InChI=1S/C12H12N2/c13-14-11-7-3-1-5-9(11)10-6-2-4-8-12(10)14/h1,3,5-8H,2,4,13H2. The van der Waals surface area contributed by atoms with Crippen LogP contribution in [0.1, 0.15) is 12.8 Å². The normalized spacial score (nSPS) is 14.6. The third kappa shape index (κ3) is 0.854. The molecule has 0 radical (unpaired) electrons. The molecule has 0 saturated heterocycles. The highest BCUT2D eigenvalue weighted by Crippen LogP contribution is 2.07. The highest BCUT2D eigenvalue weighted by molar-refractivity contribution is 5.82. The molecule has 1 aromatic heterocycles. The van der Waals surface area contributed by atoms with Crippen LogP contribution in [0.5, 0.6) is 0 Å². The first-order chi connectivity index (χ1) is 6.88. The Hall–Kier alpha value is -1.70. The van der Waals surface area contributed by atoms with Crippen molar-refractivity contribution in [1.82, 2.24) is 4.68 Å². The Morgan fingerprint density at radius 1 is 1.07 bits per heavy atom. The van der Waals surface area contributed by atoms with Crippen LogP contribution in [-0.4, -0.2) is 4.68 Å². The van der Waals surface area contributed by atoms with Crippen LogP contribution in [0.4, 0.5) is 0 Å². The second kappa shape index (κ2) is 2.64. The molecule has 0 spiro atoms. The number of rotatable bonds is 0. The Labute approximate surface area is 81.9 Å². The maximum atomic E-state index is 6.03. The lowest BCUT2D eigenvalue weighted by Crippen LogP contribution is -2.34. The number of hydrogen-bond donors (Lipinski definition) is 1. The van der Waals surface area contributed by atoms with Crippen molar-refractivity contribution in [3.8, 4) is 0 Å². The number of benzene rings is 1. The first kappa shape index (κ1) is 7.68. The third-order valence-electron chi connectivity index (χ3n) is 2.84. The number of nitrogens with zero attached hydrogens (tertiary/aromatic N) is 1. The van der Waals surface area contributed by atoms with Crippen molar-refractivity contribution in [1.29, 1.82) is 0 Å². The first-order valence-corrected chi connectivity index (χ1v) is 4.93. The fraction of sp³-hybridized carbons (Fsp3) is 0.167. The van der Waals surface area contributed by atoms with E-state index in [1.165, 1.54) is 10.6 Å². The van der Waals surface area contributed by atoms with Crippen molar-refractivity contribution in [2.45, 2.75) is 12.8 Å². The minimum atomic E-state index is 1.10. The van der Waals surface area contributed by atoms with E-state index in [4.69, 9.17) is 5.84 Å². The van der Waals surface area contributed by atoms with E-state index in [0.717, 1.165) is 23.7 Å². The van der Waals surface area contributed by atoms with Crippen molar-refractivity contribution in [2.75, 3.05) is 5.84 Å². The smallest absolute Gasteiger partial charge is 0.0703 e. The van der Waals surface area contributed by atoms with Crippen LogP contribution < -0.4 is 16.4 Å². The molecular weight excluding hydrogens is 172 g/mol. The Morgan fingerprint density at radius 3 is 2.79 bits per heavy atom. The SMILES string of the molecule is Nn1c2c(c3ccccc31)=CCCC=2. The van der Waals surface area contributed by atoms with Crippen LogP contribution in [0.3, 0.4) is 0 Å². The Bertz CT molecular complexity index is 605. The van der Waals surface area contributed by atoms with Gasteiger partial charge in [-0.1, -0.05) is 30.4 Å².